The second-order valence-corrected chi connectivity index (χ2v) is 5.68. The van der Waals surface area contributed by atoms with Gasteiger partial charge in [0, 0.05) is 37.9 Å². The van der Waals surface area contributed by atoms with E-state index in [0.29, 0.717) is 32.0 Å². The molecule has 0 spiro atoms. The van der Waals surface area contributed by atoms with Crippen molar-refractivity contribution in [2.75, 3.05) is 47.4 Å². The summed E-state index contributed by atoms with van der Waals surface area (Å²) in [5, 5.41) is 0. The molecule has 0 aliphatic carbocycles. The molecule has 4 N–H and O–H groups in total. The fraction of sp³-hybridized carbons (Fsp3) is 0.429. The quantitative estimate of drug-likeness (QED) is 0.824. The number of hydrogen-bond acceptors (Lipinski definition) is 8. The van der Waals surface area contributed by atoms with E-state index in [0.717, 1.165) is 6.07 Å². The number of nitrogen functional groups attached to an aromatic ring is 2. The lowest BCUT2D eigenvalue weighted by Gasteiger charge is -2.35. The van der Waals surface area contributed by atoms with E-state index in [9.17, 15) is 13.2 Å². The van der Waals surface area contributed by atoms with Gasteiger partial charge in [0.15, 0.2) is 0 Å². The molecule has 8 nitrogen and oxygen atoms in total. The van der Waals surface area contributed by atoms with Crippen molar-refractivity contribution in [3.63, 3.8) is 0 Å². The normalized spacial score (nSPS) is 15.5. The van der Waals surface area contributed by atoms with Crippen LogP contribution in [0.25, 0.3) is 0 Å². The highest BCUT2D eigenvalue weighted by molar-refractivity contribution is 5.51. The zero-order valence-corrected chi connectivity index (χ0v) is 13.5. The summed E-state index contributed by atoms with van der Waals surface area (Å²) >= 11 is 0. The molecule has 1 fully saturated rings. The van der Waals surface area contributed by atoms with E-state index < -0.39 is 11.9 Å². The number of piperazine rings is 1. The van der Waals surface area contributed by atoms with Crippen LogP contribution in [0.4, 0.5) is 36.7 Å². The molecule has 0 amide bonds. The number of aryl methyl sites for hydroxylation is 1. The molecule has 1 aliphatic heterocycles. The SMILES string of the molecule is Cc1cc(C(F)(F)F)nc(N2CCN(c3cc(N)nc(N)n3)CC2)n1. The van der Waals surface area contributed by atoms with Gasteiger partial charge >= 0.3 is 6.18 Å². The largest absolute Gasteiger partial charge is 0.433 e. The van der Waals surface area contributed by atoms with E-state index in [1.807, 2.05) is 4.90 Å². The zero-order valence-electron chi connectivity index (χ0n) is 13.5. The van der Waals surface area contributed by atoms with Crippen LogP contribution >= 0.6 is 0 Å². The average molecular weight is 354 g/mol. The lowest BCUT2D eigenvalue weighted by atomic mass is 10.3. The maximum Gasteiger partial charge on any atom is 0.433 e. The van der Waals surface area contributed by atoms with E-state index in [4.69, 9.17) is 11.5 Å². The number of rotatable bonds is 2. The minimum atomic E-state index is -4.50. The molecule has 3 heterocycles. The number of halogens is 3. The van der Waals surface area contributed by atoms with Gasteiger partial charge in [-0.25, -0.2) is 9.97 Å². The first-order chi connectivity index (χ1) is 11.7. The van der Waals surface area contributed by atoms with Gasteiger partial charge in [0.25, 0.3) is 0 Å². The van der Waals surface area contributed by atoms with Crippen molar-refractivity contribution in [1.82, 2.24) is 19.9 Å². The van der Waals surface area contributed by atoms with Crippen LogP contribution in [0.3, 0.4) is 0 Å². The van der Waals surface area contributed by atoms with Gasteiger partial charge in [-0.3, -0.25) is 0 Å². The van der Waals surface area contributed by atoms with E-state index >= 15 is 0 Å². The third kappa shape index (κ3) is 3.80. The van der Waals surface area contributed by atoms with Crippen LogP contribution in [0.2, 0.25) is 0 Å². The smallest absolute Gasteiger partial charge is 0.383 e. The Balaban J connectivity index is 1.75. The summed E-state index contributed by atoms with van der Waals surface area (Å²) in [5.74, 6) is 1.01. The Bertz CT molecular complexity index is 751. The van der Waals surface area contributed by atoms with Gasteiger partial charge in [-0.1, -0.05) is 0 Å². The first-order valence-electron chi connectivity index (χ1n) is 7.55. The highest BCUT2D eigenvalue weighted by atomic mass is 19.4. The number of hydrogen-bond donors (Lipinski definition) is 2. The third-order valence-corrected chi connectivity index (χ3v) is 3.77. The summed E-state index contributed by atoms with van der Waals surface area (Å²) in [6.07, 6.45) is -4.50. The van der Waals surface area contributed by atoms with Gasteiger partial charge in [-0.05, 0) is 13.0 Å². The van der Waals surface area contributed by atoms with Gasteiger partial charge in [0.05, 0.1) is 0 Å². The number of aromatic nitrogens is 4. The summed E-state index contributed by atoms with van der Waals surface area (Å²) in [7, 11) is 0. The predicted molar refractivity (Wildman–Crippen MR) is 87.1 cm³/mol. The molecule has 2 aromatic heterocycles. The van der Waals surface area contributed by atoms with Crippen LogP contribution < -0.4 is 21.3 Å². The molecule has 134 valence electrons. The van der Waals surface area contributed by atoms with Crippen molar-refractivity contribution < 1.29 is 13.2 Å². The van der Waals surface area contributed by atoms with Crippen LogP contribution in [-0.2, 0) is 6.18 Å². The van der Waals surface area contributed by atoms with Crippen molar-refractivity contribution in [3.05, 3.63) is 23.5 Å². The van der Waals surface area contributed by atoms with Gasteiger partial charge < -0.3 is 21.3 Å². The Hall–Kier alpha value is -2.85. The molecule has 1 saturated heterocycles. The average Bonchev–Trinajstić information content (AvgIpc) is 2.53. The second-order valence-electron chi connectivity index (χ2n) is 5.68. The molecular formula is C14H17F3N8. The number of anilines is 4. The molecule has 3 rings (SSSR count). The minimum Gasteiger partial charge on any atom is -0.383 e. The van der Waals surface area contributed by atoms with E-state index in [1.54, 1.807) is 11.0 Å². The predicted octanol–water partition coefficient (Wildman–Crippen LogP) is 1.08. The Morgan fingerprint density at radius 2 is 1.56 bits per heavy atom. The molecule has 0 unspecified atom stereocenters. The van der Waals surface area contributed by atoms with Gasteiger partial charge in [-0.2, -0.15) is 23.1 Å². The molecule has 0 aromatic carbocycles. The molecule has 11 heteroatoms. The molecule has 0 atom stereocenters. The summed E-state index contributed by atoms with van der Waals surface area (Å²) < 4.78 is 38.8. The number of nitrogens with zero attached hydrogens (tertiary/aromatic N) is 6. The Morgan fingerprint density at radius 3 is 2.16 bits per heavy atom. The van der Waals surface area contributed by atoms with Crippen molar-refractivity contribution in [3.8, 4) is 0 Å². The van der Waals surface area contributed by atoms with Crippen LogP contribution in [0.5, 0.6) is 0 Å². The molecule has 0 saturated carbocycles. The van der Waals surface area contributed by atoms with Crippen LogP contribution in [0, 0.1) is 6.92 Å². The number of nitrogens with two attached hydrogens (primary N) is 2. The Kier molecular flexibility index (Phi) is 4.23. The topological polar surface area (TPSA) is 110 Å². The van der Waals surface area contributed by atoms with Crippen molar-refractivity contribution in [1.29, 1.82) is 0 Å². The Morgan fingerprint density at radius 1 is 0.920 bits per heavy atom. The molecule has 0 bridgehead atoms. The van der Waals surface area contributed by atoms with Gasteiger partial charge in [0.2, 0.25) is 11.9 Å². The molecule has 0 radical (unpaired) electrons. The first-order valence-corrected chi connectivity index (χ1v) is 7.55. The highest BCUT2D eigenvalue weighted by Gasteiger charge is 2.34. The summed E-state index contributed by atoms with van der Waals surface area (Å²) in [6, 6.07) is 2.54. The van der Waals surface area contributed by atoms with Crippen molar-refractivity contribution in [2.24, 2.45) is 0 Å². The lowest BCUT2D eigenvalue weighted by molar-refractivity contribution is -0.141. The number of alkyl halides is 3. The molecular weight excluding hydrogens is 337 g/mol. The molecule has 2 aromatic rings. The fourth-order valence-electron chi connectivity index (χ4n) is 2.61. The minimum absolute atomic E-state index is 0.0775. The Labute approximate surface area is 141 Å². The van der Waals surface area contributed by atoms with E-state index in [1.165, 1.54) is 6.92 Å². The van der Waals surface area contributed by atoms with Crippen LogP contribution in [-0.4, -0.2) is 46.1 Å². The monoisotopic (exact) mass is 354 g/mol. The van der Waals surface area contributed by atoms with Crippen molar-refractivity contribution >= 4 is 23.5 Å². The lowest BCUT2D eigenvalue weighted by Crippen LogP contribution is -2.47. The maximum atomic E-state index is 12.9. The summed E-state index contributed by atoms with van der Waals surface area (Å²) in [6.45, 7) is 3.46. The third-order valence-electron chi connectivity index (χ3n) is 3.77. The zero-order chi connectivity index (χ0) is 18.2. The summed E-state index contributed by atoms with van der Waals surface area (Å²) in [4.78, 5) is 19.4. The molecule has 1 aliphatic rings. The van der Waals surface area contributed by atoms with Gasteiger partial charge in [0.1, 0.15) is 17.3 Å². The van der Waals surface area contributed by atoms with E-state index in [-0.39, 0.29) is 23.4 Å². The fourth-order valence-corrected chi connectivity index (χ4v) is 2.61. The molecule has 25 heavy (non-hydrogen) atoms. The highest BCUT2D eigenvalue weighted by Crippen LogP contribution is 2.29. The second kappa shape index (κ2) is 6.22. The first kappa shape index (κ1) is 17.0. The van der Waals surface area contributed by atoms with E-state index in [2.05, 4.69) is 19.9 Å². The standard InChI is InChI=1S/C14H17F3N8/c1-8-6-9(14(15,16)17)21-13(20-8)25-4-2-24(3-5-25)11-7-10(18)22-12(19)23-11/h6-7H,2-5H2,1H3,(H4,18,19,22,23). The van der Waals surface area contributed by atoms with Crippen LogP contribution in [0.15, 0.2) is 12.1 Å². The summed E-state index contributed by atoms with van der Waals surface area (Å²) in [5.41, 5.74) is 10.6. The maximum absolute atomic E-state index is 12.9. The van der Waals surface area contributed by atoms with Crippen LogP contribution in [0.1, 0.15) is 11.4 Å². The van der Waals surface area contributed by atoms with Gasteiger partial charge in [-0.15, -0.1) is 0 Å². The van der Waals surface area contributed by atoms with Crippen molar-refractivity contribution in [2.45, 2.75) is 13.1 Å².